The zero-order chi connectivity index (χ0) is 14.1. The molecule has 7 heteroatoms. The van der Waals surface area contributed by atoms with Gasteiger partial charge in [-0.2, -0.15) is 0 Å². The molecule has 2 heterocycles. The quantitative estimate of drug-likeness (QED) is 0.837. The number of nitrogens with zero attached hydrogens (tertiary/aromatic N) is 2. The molecule has 1 aliphatic heterocycles. The molecule has 0 spiro atoms. The van der Waals surface area contributed by atoms with E-state index in [-0.39, 0.29) is 27.9 Å². The summed E-state index contributed by atoms with van der Waals surface area (Å²) in [6.45, 7) is 0. The smallest absolute Gasteiger partial charge is 0.247 e. The molecule has 3 rings (SSSR count). The van der Waals surface area contributed by atoms with Crippen molar-refractivity contribution in [1.82, 2.24) is 9.97 Å². The van der Waals surface area contributed by atoms with Crippen LogP contribution in [0.3, 0.4) is 0 Å². The lowest BCUT2D eigenvalue weighted by molar-refractivity contribution is -0.116. The minimum absolute atomic E-state index is 0.119. The van der Waals surface area contributed by atoms with Crippen molar-refractivity contribution in [1.29, 1.82) is 0 Å². The fourth-order valence-corrected chi connectivity index (χ4v) is 2.52. The number of nitrogens with one attached hydrogen (secondary N) is 2. The fourth-order valence-electron chi connectivity index (χ4n) is 2.11. The molecule has 0 aliphatic carbocycles. The predicted octanol–water partition coefficient (Wildman–Crippen LogP) is 2.76. The average molecular weight is 309 g/mol. The topological polar surface area (TPSA) is 66.9 Å². The van der Waals surface area contributed by atoms with Gasteiger partial charge in [0.05, 0.1) is 0 Å². The molecule has 1 atom stereocenters. The van der Waals surface area contributed by atoms with E-state index in [1.165, 1.54) is 6.33 Å². The van der Waals surface area contributed by atoms with Crippen LogP contribution in [0.2, 0.25) is 10.3 Å². The van der Waals surface area contributed by atoms with Crippen LogP contribution in [0.1, 0.15) is 5.56 Å². The molecule has 1 amide bonds. The van der Waals surface area contributed by atoms with E-state index in [9.17, 15) is 4.79 Å². The molecule has 1 aromatic heterocycles. The summed E-state index contributed by atoms with van der Waals surface area (Å²) in [5.74, 6) is -0.222. The molecule has 2 aromatic rings. The van der Waals surface area contributed by atoms with E-state index in [1.807, 2.05) is 24.3 Å². The van der Waals surface area contributed by atoms with Crippen molar-refractivity contribution in [3.8, 4) is 0 Å². The standard InChI is InChI=1S/C13H10Cl2N4O/c14-11-10(12(15)17-6-16-11)19-13(20)9-5-7-3-1-2-4-8(7)18-9/h1-4,6,9,18H,5H2,(H,19,20). The van der Waals surface area contributed by atoms with Crippen molar-refractivity contribution in [2.45, 2.75) is 12.5 Å². The van der Waals surface area contributed by atoms with Crippen LogP contribution >= 0.6 is 23.2 Å². The second-order valence-corrected chi connectivity index (χ2v) is 5.09. The van der Waals surface area contributed by atoms with Crippen LogP contribution in [-0.2, 0) is 11.2 Å². The van der Waals surface area contributed by atoms with Crippen molar-refractivity contribution in [2.75, 3.05) is 10.6 Å². The van der Waals surface area contributed by atoms with E-state index >= 15 is 0 Å². The summed E-state index contributed by atoms with van der Waals surface area (Å²) in [6, 6.07) is 7.43. The molecule has 5 nitrogen and oxygen atoms in total. The number of aromatic nitrogens is 2. The second kappa shape index (κ2) is 5.26. The van der Waals surface area contributed by atoms with Crippen molar-refractivity contribution < 1.29 is 4.79 Å². The number of halogens is 2. The maximum absolute atomic E-state index is 12.2. The van der Waals surface area contributed by atoms with Crippen molar-refractivity contribution in [3.05, 3.63) is 46.5 Å². The third-order valence-corrected chi connectivity index (χ3v) is 3.66. The molecule has 0 saturated heterocycles. The Bertz CT molecular complexity index is 632. The van der Waals surface area contributed by atoms with E-state index in [4.69, 9.17) is 23.2 Å². The molecular weight excluding hydrogens is 299 g/mol. The molecule has 1 aliphatic rings. The van der Waals surface area contributed by atoms with Gasteiger partial charge in [-0.15, -0.1) is 0 Å². The molecule has 0 saturated carbocycles. The van der Waals surface area contributed by atoms with E-state index in [0.29, 0.717) is 6.42 Å². The van der Waals surface area contributed by atoms with Crippen LogP contribution in [-0.4, -0.2) is 21.9 Å². The average Bonchev–Trinajstić information content (AvgIpc) is 2.87. The minimum Gasteiger partial charge on any atom is -0.373 e. The van der Waals surface area contributed by atoms with Gasteiger partial charge >= 0.3 is 0 Å². The molecule has 20 heavy (non-hydrogen) atoms. The van der Waals surface area contributed by atoms with Crippen LogP contribution in [0.4, 0.5) is 11.4 Å². The summed E-state index contributed by atoms with van der Waals surface area (Å²) >= 11 is 11.8. The highest BCUT2D eigenvalue weighted by molar-refractivity contribution is 6.38. The van der Waals surface area contributed by atoms with Crippen LogP contribution in [0.25, 0.3) is 0 Å². The summed E-state index contributed by atoms with van der Waals surface area (Å²) in [4.78, 5) is 19.8. The molecule has 0 fully saturated rings. The Morgan fingerprint density at radius 1 is 1.25 bits per heavy atom. The molecule has 1 aromatic carbocycles. The molecule has 0 radical (unpaired) electrons. The number of carbonyl (C=O) groups is 1. The minimum atomic E-state index is -0.361. The molecule has 102 valence electrons. The van der Waals surface area contributed by atoms with Crippen molar-refractivity contribution in [2.24, 2.45) is 0 Å². The van der Waals surface area contributed by atoms with Crippen LogP contribution in [0.15, 0.2) is 30.6 Å². The van der Waals surface area contributed by atoms with E-state index < -0.39 is 0 Å². The van der Waals surface area contributed by atoms with Gasteiger partial charge in [0, 0.05) is 12.1 Å². The van der Waals surface area contributed by atoms with Gasteiger partial charge in [-0.3, -0.25) is 4.79 Å². The Labute approximate surface area is 125 Å². The van der Waals surface area contributed by atoms with Gasteiger partial charge in [0.1, 0.15) is 18.1 Å². The highest BCUT2D eigenvalue weighted by Crippen LogP contribution is 2.28. The number of rotatable bonds is 2. The van der Waals surface area contributed by atoms with E-state index in [1.54, 1.807) is 0 Å². The van der Waals surface area contributed by atoms with Gasteiger partial charge in [0.25, 0.3) is 0 Å². The number of hydrogen-bond acceptors (Lipinski definition) is 4. The maximum atomic E-state index is 12.2. The van der Waals surface area contributed by atoms with Gasteiger partial charge in [0.2, 0.25) is 5.91 Å². The first kappa shape index (κ1) is 13.1. The zero-order valence-corrected chi connectivity index (χ0v) is 11.7. The van der Waals surface area contributed by atoms with Gasteiger partial charge in [-0.25, -0.2) is 9.97 Å². The number of amides is 1. The normalized spacial score (nSPS) is 16.4. The first-order valence-corrected chi connectivity index (χ1v) is 6.72. The molecule has 2 N–H and O–H groups in total. The first-order chi connectivity index (χ1) is 9.65. The number of para-hydroxylation sites is 1. The summed E-state index contributed by atoms with van der Waals surface area (Å²) < 4.78 is 0. The summed E-state index contributed by atoms with van der Waals surface area (Å²) in [5, 5.41) is 6.06. The van der Waals surface area contributed by atoms with E-state index in [0.717, 1.165) is 11.3 Å². The molecular formula is C13H10Cl2N4O. The number of carbonyl (C=O) groups excluding carboxylic acids is 1. The first-order valence-electron chi connectivity index (χ1n) is 5.96. The summed E-state index contributed by atoms with van der Waals surface area (Å²) in [5.41, 5.74) is 2.31. The Hall–Kier alpha value is -1.85. The zero-order valence-electron chi connectivity index (χ0n) is 10.2. The number of anilines is 2. The third-order valence-electron chi connectivity index (χ3n) is 3.09. The summed E-state index contributed by atoms with van der Waals surface area (Å²) in [6.07, 6.45) is 1.86. The van der Waals surface area contributed by atoms with Crippen LogP contribution in [0, 0.1) is 0 Å². The lowest BCUT2D eigenvalue weighted by Crippen LogP contribution is -2.33. The number of benzene rings is 1. The van der Waals surface area contributed by atoms with Crippen LogP contribution < -0.4 is 10.6 Å². The number of hydrogen-bond donors (Lipinski definition) is 2. The fraction of sp³-hybridized carbons (Fsp3) is 0.154. The van der Waals surface area contributed by atoms with Crippen molar-refractivity contribution in [3.63, 3.8) is 0 Å². The number of fused-ring (bicyclic) bond motifs is 1. The van der Waals surface area contributed by atoms with Gasteiger partial charge in [0.15, 0.2) is 10.3 Å². The third kappa shape index (κ3) is 2.42. The largest absolute Gasteiger partial charge is 0.373 e. The highest BCUT2D eigenvalue weighted by Gasteiger charge is 2.27. The molecule has 0 bridgehead atoms. The maximum Gasteiger partial charge on any atom is 0.247 e. The Morgan fingerprint density at radius 3 is 2.65 bits per heavy atom. The van der Waals surface area contributed by atoms with Gasteiger partial charge in [-0.1, -0.05) is 41.4 Å². The second-order valence-electron chi connectivity index (χ2n) is 4.38. The van der Waals surface area contributed by atoms with Crippen LogP contribution in [0.5, 0.6) is 0 Å². The summed E-state index contributed by atoms with van der Waals surface area (Å²) in [7, 11) is 0. The van der Waals surface area contributed by atoms with E-state index in [2.05, 4.69) is 20.6 Å². The Morgan fingerprint density at radius 2 is 1.95 bits per heavy atom. The Kier molecular flexibility index (Phi) is 3.46. The SMILES string of the molecule is O=C(Nc1c(Cl)ncnc1Cl)C1Cc2ccccc2N1. The Balaban J connectivity index is 1.76. The lowest BCUT2D eigenvalue weighted by atomic mass is 10.1. The van der Waals surface area contributed by atoms with Gasteiger partial charge < -0.3 is 10.6 Å². The molecule has 1 unspecified atom stereocenters. The lowest BCUT2D eigenvalue weighted by Gasteiger charge is -2.13. The monoisotopic (exact) mass is 308 g/mol. The predicted molar refractivity (Wildman–Crippen MR) is 78.2 cm³/mol. The van der Waals surface area contributed by atoms with Gasteiger partial charge in [-0.05, 0) is 11.6 Å². The highest BCUT2D eigenvalue weighted by atomic mass is 35.5. The van der Waals surface area contributed by atoms with Crippen molar-refractivity contribution >= 4 is 40.5 Å².